The van der Waals surface area contributed by atoms with Crippen LogP contribution in [0.5, 0.6) is 0 Å². The molecule has 3 heteroatoms. The van der Waals surface area contributed by atoms with Crippen molar-refractivity contribution in [2.24, 2.45) is 5.41 Å². The van der Waals surface area contributed by atoms with Crippen LogP contribution in [0, 0.1) is 5.41 Å². The third-order valence-corrected chi connectivity index (χ3v) is 3.92. The fraction of sp³-hybridized carbons (Fsp3) is 0.688. The van der Waals surface area contributed by atoms with Crippen LogP contribution in [0.1, 0.15) is 40.2 Å². The average molecular weight is 261 g/mol. The maximum Gasteiger partial charge on any atom is 0.0312 e. The zero-order valence-electron chi connectivity index (χ0n) is 12.9. The van der Waals surface area contributed by atoms with Crippen LogP contribution in [0.3, 0.4) is 0 Å². The molecule has 19 heavy (non-hydrogen) atoms. The Bertz CT molecular complexity index is 406. The molecule has 1 aromatic rings. The van der Waals surface area contributed by atoms with Crippen molar-refractivity contribution in [2.75, 3.05) is 13.1 Å². The quantitative estimate of drug-likeness (QED) is 0.887. The highest BCUT2D eigenvalue weighted by Crippen LogP contribution is 2.29. The molecule has 1 unspecified atom stereocenters. The van der Waals surface area contributed by atoms with Gasteiger partial charge in [0.1, 0.15) is 0 Å². The molecular weight excluding hydrogens is 234 g/mol. The summed E-state index contributed by atoms with van der Waals surface area (Å²) in [6.45, 7) is 14.7. The van der Waals surface area contributed by atoms with Crippen molar-refractivity contribution >= 4 is 0 Å². The Morgan fingerprint density at radius 2 is 2.16 bits per heavy atom. The van der Waals surface area contributed by atoms with Crippen molar-refractivity contribution in [3.8, 4) is 0 Å². The second-order valence-corrected chi connectivity index (χ2v) is 7.41. The summed E-state index contributed by atoms with van der Waals surface area (Å²) in [5.41, 5.74) is 1.77. The van der Waals surface area contributed by atoms with E-state index >= 15 is 0 Å². The number of nitrogens with one attached hydrogen (secondary N) is 1. The Balaban J connectivity index is 2.16. The van der Waals surface area contributed by atoms with Crippen molar-refractivity contribution in [1.29, 1.82) is 0 Å². The van der Waals surface area contributed by atoms with Crippen LogP contribution in [0.25, 0.3) is 0 Å². The maximum absolute atomic E-state index is 4.23. The van der Waals surface area contributed by atoms with Gasteiger partial charge in [-0.15, -0.1) is 0 Å². The Hall–Kier alpha value is -0.930. The summed E-state index contributed by atoms with van der Waals surface area (Å²) < 4.78 is 0. The van der Waals surface area contributed by atoms with Gasteiger partial charge in [0.25, 0.3) is 0 Å². The molecule has 2 rings (SSSR count). The molecule has 1 aliphatic rings. The molecule has 0 saturated carbocycles. The minimum atomic E-state index is 0.184. The summed E-state index contributed by atoms with van der Waals surface area (Å²) in [5, 5.41) is 3.67. The van der Waals surface area contributed by atoms with Gasteiger partial charge in [0, 0.05) is 43.6 Å². The number of rotatable bonds is 2. The third-order valence-electron chi connectivity index (χ3n) is 3.92. The Morgan fingerprint density at radius 3 is 2.74 bits per heavy atom. The molecule has 1 atom stereocenters. The van der Waals surface area contributed by atoms with Gasteiger partial charge in [-0.05, 0) is 30.9 Å². The van der Waals surface area contributed by atoms with Crippen LogP contribution in [0.15, 0.2) is 24.5 Å². The van der Waals surface area contributed by atoms with Crippen LogP contribution in [0.2, 0.25) is 0 Å². The summed E-state index contributed by atoms with van der Waals surface area (Å²) in [6.07, 6.45) is 3.82. The molecule has 0 amide bonds. The van der Waals surface area contributed by atoms with Crippen LogP contribution in [-0.4, -0.2) is 34.6 Å². The van der Waals surface area contributed by atoms with Gasteiger partial charge in [-0.3, -0.25) is 9.88 Å². The number of hydrogen-bond donors (Lipinski definition) is 1. The zero-order valence-corrected chi connectivity index (χ0v) is 12.9. The molecule has 3 nitrogen and oxygen atoms in total. The minimum Gasteiger partial charge on any atom is -0.309 e. The van der Waals surface area contributed by atoms with Gasteiger partial charge >= 0.3 is 0 Å². The van der Waals surface area contributed by atoms with Crippen LogP contribution < -0.4 is 5.32 Å². The number of aromatic nitrogens is 1. The maximum atomic E-state index is 4.23. The van der Waals surface area contributed by atoms with E-state index in [0.717, 1.165) is 19.6 Å². The van der Waals surface area contributed by atoms with Gasteiger partial charge in [0.05, 0.1) is 0 Å². The average Bonchev–Trinajstić information content (AvgIpc) is 2.27. The monoisotopic (exact) mass is 261 g/mol. The standard InChI is InChI=1S/C16H27N3/c1-15(2,3)14-10-18-16(4,5)12-19(14)11-13-7-6-8-17-9-13/h6-9,14,18H,10-12H2,1-5H3. The summed E-state index contributed by atoms with van der Waals surface area (Å²) in [5.74, 6) is 0. The predicted octanol–water partition coefficient (Wildman–Crippen LogP) is 2.68. The highest BCUT2D eigenvalue weighted by atomic mass is 15.3. The molecule has 0 bridgehead atoms. The second kappa shape index (κ2) is 5.22. The normalized spacial score (nSPS) is 24.4. The van der Waals surface area contributed by atoms with Gasteiger partial charge in [0.2, 0.25) is 0 Å². The predicted molar refractivity (Wildman–Crippen MR) is 80.0 cm³/mol. The molecule has 1 saturated heterocycles. The number of nitrogens with zero attached hydrogens (tertiary/aromatic N) is 2. The summed E-state index contributed by atoms with van der Waals surface area (Å²) >= 11 is 0. The van der Waals surface area contributed by atoms with Crippen molar-refractivity contribution in [3.63, 3.8) is 0 Å². The first-order valence-corrected chi connectivity index (χ1v) is 7.16. The fourth-order valence-corrected chi connectivity index (χ4v) is 2.92. The fourth-order valence-electron chi connectivity index (χ4n) is 2.92. The van der Waals surface area contributed by atoms with E-state index in [9.17, 15) is 0 Å². The molecule has 1 N–H and O–H groups in total. The van der Waals surface area contributed by atoms with Gasteiger partial charge < -0.3 is 5.32 Å². The summed E-state index contributed by atoms with van der Waals surface area (Å²) in [7, 11) is 0. The van der Waals surface area contributed by atoms with Crippen LogP contribution in [0.4, 0.5) is 0 Å². The first kappa shape index (κ1) is 14.5. The van der Waals surface area contributed by atoms with E-state index in [2.05, 4.69) is 55.9 Å². The van der Waals surface area contributed by atoms with Crippen LogP contribution >= 0.6 is 0 Å². The van der Waals surface area contributed by atoms with Gasteiger partial charge in [-0.2, -0.15) is 0 Å². The summed E-state index contributed by atoms with van der Waals surface area (Å²) in [4.78, 5) is 6.84. The lowest BCUT2D eigenvalue weighted by Gasteiger charge is -2.49. The lowest BCUT2D eigenvalue weighted by atomic mass is 9.82. The molecule has 0 spiro atoms. The lowest BCUT2D eigenvalue weighted by Crippen LogP contribution is -2.64. The van der Waals surface area contributed by atoms with E-state index < -0.39 is 0 Å². The molecule has 0 radical (unpaired) electrons. The van der Waals surface area contributed by atoms with E-state index in [1.165, 1.54) is 5.56 Å². The molecule has 2 heterocycles. The van der Waals surface area contributed by atoms with E-state index in [0.29, 0.717) is 6.04 Å². The van der Waals surface area contributed by atoms with E-state index in [-0.39, 0.29) is 11.0 Å². The molecule has 106 valence electrons. The SMILES string of the molecule is CC1(C)CN(Cc2cccnc2)C(C(C)(C)C)CN1. The molecular formula is C16H27N3. The highest BCUT2D eigenvalue weighted by molar-refractivity contribution is 5.10. The van der Waals surface area contributed by atoms with Gasteiger partial charge in [0.15, 0.2) is 0 Å². The molecule has 1 fully saturated rings. The molecule has 1 aliphatic heterocycles. The van der Waals surface area contributed by atoms with Crippen molar-refractivity contribution < 1.29 is 0 Å². The third kappa shape index (κ3) is 3.77. The number of hydrogen-bond acceptors (Lipinski definition) is 3. The topological polar surface area (TPSA) is 28.2 Å². The first-order valence-electron chi connectivity index (χ1n) is 7.16. The largest absolute Gasteiger partial charge is 0.309 e. The molecule has 1 aromatic heterocycles. The van der Waals surface area contributed by atoms with Gasteiger partial charge in [-0.1, -0.05) is 26.8 Å². The van der Waals surface area contributed by atoms with Crippen molar-refractivity contribution in [3.05, 3.63) is 30.1 Å². The smallest absolute Gasteiger partial charge is 0.0312 e. The number of pyridine rings is 1. The Morgan fingerprint density at radius 1 is 1.42 bits per heavy atom. The first-order chi connectivity index (χ1) is 8.78. The second-order valence-electron chi connectivity index (χ2n) is 7.41. The van der Waals surface area contributed by atoms with Crippen molar-refractivity contribution in [1.82, 2.24) is 15.2 Å². The van der Waals surface area contributed by atoms with E-state index in [1.807, 2.05) is 18.5 Å². The Kier molecular flexibility index (Phi) is 3.98. The number of piperazine rings is 1. The molecule has 0 aliphatic carbocycles. The molecule has 0 aromatic carbocycles. The minimum absolute atomic E-state index is 0.184. The van der Waals surface area contributed by atoms with Gasteiger partial charge in [-0.25, -0.2) is 0 Å². The summed E-state index contributed by atoms with van der Waals surface area (Å²) in [6, 6.07) is 4.75. The highest BCUT2D eigenvalue weighted by Gasteiger charge is 2.38. The van der Waals surface area contributed by atoms with Crippen LogP contribution in [-0.2, 0) is 6.54 Å². The van der Waals surface area contributed by atoms with E-state index in [4.69, 9.17) is 0 Å². The lowest BCUT2D eigenvalue weighted by molar-refractivity contribution is 0.0271. The zero-order chi connectivity index (χ0) is 14.1. The van der Waals surface area contributed by atoms with E-state index in [1.54, 1.807) is 0 Å². The van der Waals surface area contributed by atoms with Crippen molar-refractivity contribution in [2.45, 2.75) is 52.7 Å². The Labute approximate surface area is 117 Å².